The molecule has 1 aliphatic heterocycles. The molecule has 0 saturated heterocycles. The Bertz CT molecular complexity index is 1210. The van der Waals surface area contributed by atoms with Crippen LogP contribution in [0, 0.1) is 0 Å². The van der Waals surface area contributed by atoms with Crippen LogP contribution in [0.5, 0.6) is 11.5 Å². The Kier molecular flexibility index (Phi) is 5.29. The second kappa shape index (κ2) is 8.22. The molecular weight excluding hydrogens is 441 g/mol. The molecule has 0 atom stereocenters. The van der Waals surface area contributed by atoms with Gasteiger partial charge in [0, 0.05) is 22.0 Å². The molecule has 0 bridgehead atoms. The van der Waals surface area contributed by atoms with Crippen molar-refractivity contribution < 1.29 is 9.47 Å². The highest BCUT2D eigenvalue weighted by atomic mass is 35.5. The molecule has 0 saturated carbocycles. The maximum Gasteiger partial charge on any atom is 0.231 e. The molecule has 0 amide bonds. The molecule has 0 fully saturated rings. The van der Waals surface area contributed by atoms with Crippen molar-refractivity contribution in [1.29, 1.82) is 0 Å². The maximum absolute atomic E-state index is 6.46. The minimum Gasteiger partial charge on any atom is -0.454 e. The summed E-state index contributed by atoms with van der Waals surface area (Å²) >= 11 is 14.1. The second-order valence-electron chi connectivity index (χ2n) is 6.58. The van der Waals surface area contributed by atoms with Crippen molar-refractivity contribution in [3.8, 4) is 28.6 Å². The van der Waals surface area contributed by atoms with Gasteiger partial charge in [-0.1, -0.05) is 59.2 Å². The van der Waals surface area contributed by atoms with E-state index in [1.54, 1.807) is 23.9 Å². The Morgan fingerprint density at radius 2 is 1.73 bits per heavy atom. The Morgan fingerprint density at radius 1 is 0.900 bits per heavy atom. The molecule has 5 rings (SSSR count). The Hall–Kier alpha value is -2.67. The minimum absolute atomic E-state index is 0.263. The van der Waals surface area contributed by atoms with Crippen molar-refractivity contribution in [3.63, 3.8) is 0 Å². The van der Waals surface area contributed by atoms with Crippen molar-refractivity contribution >= 4 is 35.0 Å². The summed E-state index contributed by atoms with van der Waals surface area (Å²) in [5, 5.41) is 10.8. The highest BCUT2D eigenvalue weighted by Gasteiger charge is 2.19. The van der Waals surface area contributed by atoms with E-state index in [4.69, 9.17) is 32.7 Å². The molecule has 3 aromatic carbocycles. The maximum atomic E-state index is 6.46. The smallest absolute Gasteiger partial charge is 0.231 e. The largest absolute Gasteiger partial charge is 0.454 e. The third-order valence-corrected chi connectivity index (χ3v) is 6.17. The first kappa shape index (κ1) is 19.3. The van der Waals surface area contributed by atoms with E-state index < -0.39 is 0 Å². The molecule has 0 unspecified atom stereocenters. The van der Waals surface area contributed by atoms with E-state index in [9.17, 15) is 0 Å². The zero-order chi connectivity index (χ0) is 20.5. The van der Waals surface area contributed by atoms with E-state index in [0.717, 1.165) is 33.5 Å². The van der Waals surface area contributed by atoms with Gasteiger partial charge >= 0.3 is 0 Å². The van der Waals surface area contributed by atoms with Crippen LogP contribution in [0.2, 0.25) is 10.0 Å². The van der Waals surface area contributed by atoms with Gasteiger partial charge in [-0.25, -0.2) is 0 Å². The van der Waals surface area contributed by atoms with Gasteiger partial charge in [0.1, 0.15) is 0 Å². The normalized spacial score (nSPS) is 12.3. The lowest BCUT2D eigenvalue weighted by Crippen LogP contribution is -2.00. The highest BCUT2D eigenvalue weighted by Crippen LogP contribution is 2.36. The number of nitrogens with zero attached hydrogens (tertiary/aromatic N) is 3. The summed E-state index contributed by atoms with van der Waals surface area (Å²) in [5.41, 5.74) is 2.84. The number of rotatable bonds is 5. The number of hydrogen-bond acceptors (Lipinski definition) is 5. The van der Waals surface area contributed by atoms with Crippen LogP contribution in [-0.4, -0.2) is 21.6 Å². The Balaban J connectivity index is 1.51. The second-order valence-corrected chi connectivity index (χ2v) is 8.36. The van der Waals surface area contributed by atoms with Crippen LogP contribution in [0.15, 0.2) is 71.9 Å². The third kappa shape index (κ3) is 3.74. The van der Waals surface area contributed by atoms with E-state index in [2.05, 4.69) is 10.2 Å². The van der Waals surface area contributed by atoms with Crippen molar-refractivity contribution in [3.05, 3.63) is 82.3 Å². The van der Waals surface area contributed by atoms with Crippen LogP contribution in [0.1, 0.15) is 5.56 Å². The summed E-state index contributed by atoms with van der Waals surface area (Å²) < 4.78 is 12.9. The standard InChI is InChI=1S/C22H15Cl2N3O2S/c23-15-7-8-17(18(24)11-15)21-25-26-22(27(21)16-4-2-1-3-5-16)30-12-14-6-9-19-20(10-14)29-13-28-19/h1-11H,12-13H2. The zero-order valence-corrected chi connectivity index (χ0v) is 17.9. The molecule has 150 valence electrons. The fourth-order valence-electron chi connectivity index (χ4n) is 3.20. The quantitative estimate of drug-likeness (QED) is 0.332. The van der Waals surface area contributed by atoms with Crippen LogP contribution < -0.4 is 9.47 Å². The molecule has 2 heterocycles. The van der Waals surface area contributed by atoms with Gasteiger partial charge in [0.05, 0.1) is 5.02 Å². The van der Waals surface area contributed by atoms with Crippen molar-refractivity contribution in [1.82, 2.24) is 14.8 Å². The summed E-state index contributed by atoms with van der Waals surface area (Å²) in [4.78, 5) is 0. The van der Waals surface area contributed by atoms with Gasteiger partial charge in [-0.15, -0.1) is 10.2 Å². The first-order valence-corrected chi connectivity index (χ1v) is 10.9. The van der Waals surface area contributed by atoms with E-state index in [1.807, 2.05) is 59.2 Å². The molecule has 5 nitrogen and oxygen atoms in total. The number of aromatic nitrogens is 3. The lowest BCUT2D eigenvalue weighted by molar-refractivity contribution is 0.174. The number of fused-ring (bicyclic) bond motifs is 1. The van der Waals surface area contributed by atoms with Gasteiger partial charge in [-0.3, -0.25) is 4.57 Å². The third-order valence-electron chi connectivity index (χ3n) is 4.62. The minimum atomic E-state index is 0.263. The van der Waals surface area contributed by atoms with Crippen LogP contribution in [0.25, 0.3) is 17.1 Å². The fourth-order valence-corrected chi connectivity index (χ4v) is 4.59. The van der Waals surface area contributed by atoms with E-state index >= 15 is 0 Å². The Morgan fingerprint density at radius 3 is 2.57 bits per heavy atom. The predicted molar refractivity (Wildman–Crippen MR) is 119 cm³/mol. The first-order valence-electron chi connectivity index (χ1n) is 9.16. The van der Waals surface area contributed by atoms with E-state index in [1.165, 1.54) is 0 Å². The van der Waals surface area contributed by atoms with Crippen LogP contribution >= 0.6 is 35.0 Å². The average Bonchev–Trinajstić information content (AvgIpc) is 3.39. The number of ether oxygens (including phenoxy) is 2. The zero-order valence-electron chi connectivity index (χ0n) is 15.6. The van der Waals surface area contributed by atoms with Gasteiger partial charge in [0.25, 0.3) is 0 Å². The molecule has 0 N–H and O–H groups in total. The van der Waals surface area contributed by atoms with Crippen molar-refractivity contribution in [2.45, 2.75) is 10.9 Å². The van der Waals surface area contributed by atoms with Crippen LogP contribution in [0.4, 0.5) is 0 Å². The lowest BCUT2D eigenvalue weighted by Gasteiger charge is -2.11. The molecule has 30 heavy (non-hydrogen) atoms. The molecule has 1 aliphatic rings. The Labute approximate surface area is 187 Å². The summed E-state index contributed by atoms with van der Waals surface area (Å²) in [6.07, 6.45) is 0. The van der Waals surface area contributed by atoms with Gasteiger partial charge in [0.15, 0.2) is 22.5 Å². The number of thioether (sulfide) groups is 1. The molecular formula is C22H15Cl2N3O2S. The highest BCUT2D eigenvalue weighted by molar-refractivity contribution is 7.98. The topological polar surface area (TPSA) is 49.2 Å². The van der Waals surface area contributed by atoms with Gasteiger partial charge in [-0.05, 0) is 48.0 Å². The van der Waals surface area contributed by atoms with Gasteiger partial charge < -0.3 is 9.47 Å². The SMILES string of the molecule is Clc1ccc(-c2nnc(SCc3ccc4c(c3)OCO4)n2-c2ccccc2)c(Cl)c1. The first-order chi connectivity index (χ1) is 14.7. The summed E-state index contributed by atoms with van der Waals surface area (Å²) in [6.45, 7) is 0.263. The molecule has 0 spiro atoms. The molecule has 0 aliphatic carbocycles. The van der Waals surface area contributed by atoms with E-state index in [-0.39, 0.29) is 6.79 Å². The summed E-state index contributed by atoms with van der Waals surface area (Å²) in [5.74, 6) is 2.91. The average molecular weight is 456 g/mol. The molecule has 0 radical (unpaired) electrons. The van der Waals surface area contributed by atoms with Crippen LogP contribution in [0.3, 0.4) is 0 Å². The fraction of sp³-hybridized carbons (Fsp3) is 0.0909. The van der Waals surface area contributed by atoms with E-state index in [0.29, 0.717) is 21.6 Å². The van der Waals surface area contributed by atoms with Crippen molar-refractivity contribution in [2.24, 2.45) is 0 Å². The summed E-state index contributed by atoms with van der Waals surface area (Å²) in [6, 6.07) is 21.3. The lowest BCUT2D eigenvalue weighted by atomic mass is 10.2. The number of halogens is 2. The summed E-state index contributed by atoms with van der Waals surface area (Å²) in [7, 11) is 0. The molecule has 8 heteroatoms. The van der Waals surface area contributed by atoms with Gasteiger partial charge in [0.2, 0.25) is 6.79 Å². The molecule has 4 aromatic rings. The number of hydrogen-bond donors (Lipinski definition) is 0. The van der Waals surface area contributed by atoms with Crippen LogP contribution in [-0.2, 0) is 5.75 Å². The number of benzene rings is 3. The van der Waals surface area contributed by atoms with Gasteiger partial charge in [-0.2, -0.15) is 0 Å². The molecule has 1 aromatic heterocycles. The number of para-hydroxylation sites is 1. The predicted octanol–water partition coefficient (Wildman–Crippen LogP) is 6.26. The van der Waals surface area contributed by atoms with Crippen molar-refractivity contribution in [2.75, 3.05) is 6.79 Å². The monoisotopic (exact) mass is 455 g/mol.